The Morgan fingerprint density at radius 2 is 1.74 bits per heavy atom. The third kappa shape index (κ3) is 4.20. The van der Waals surface area contributed by atoms with Crippen LogP contribution in [-0.2, 0) is 4.79 Å². The standard InChI is InChI=1S/C18H19N5O3S/c1-12(17(24)19-13-8-4-6-10-15(13)25-2)27-18-20-21-22-23(18)14-9-5-7-11-16(14)26-3/h4-12H,1-3H3,(H,19,24)/t12-/m0/s1. The van der Waals surface area contributed by atoms with Crippen molar-refractivity contribution >= 4 is 23.4 Å². The number of amides is 1. The van der Waals surface area contributed by atoms with E-state index in [-0.39, 0.29) is 5.91 Å². The average Bonchev–Trinajstić information content (AvgIpc) is 3.16. The van der Waals surface area contributed by atoms with Gasteiger partial charge in [-0.2, -0.15) is 4.68 Å². The van der Waals surface area contributed by atoms with E-state index in [9.17, 15) is 4.79 Å². The van der Waals surface area contributed by atoms with Crippen molar-refractivity contribution in [2.45, 2.75) is 17.3 Å². The predicted octanol–water partition coefficient (Wildman–Crippen LogP) is 2.80. The van der Waals surface area contributed by atoms with Crippen LogP contribution in [0.4, 0.5) is 5.69 Å². The maximum Gasteiger partial charge on any atom is 0.237 e. The summed E-state index contributed by atoms with van der Waals surface area (Å²) in [6.45, 7) is 1.79. The van der Waals surface area contributed by atoms with Crippen LogP contribution in [0, 0.1) is 0 Å². The van der Waals surface area contributed by atoms with E-state index in [1.165, 1.54) is 11.8 Å². The van der Waals surface area contributed by atoms with Crippen LogP contribution in [0.5, 0.6) is 11.5 Å². The van der Waals surface area contributed by atoms with E-state index in [1.54, 1.807) is 38.0 Å². The van der Waals surface area contributed by atoms with E-state index in [0.29, 0.717) is 28.0 Å². The summed E-state index contributed by atoms with van der Waals surface area (Å²) in [5.41, 5.74) is 1.31. The highest BCUT2D eigenvalue weighted by Gasteiger charge is 2.21. The van der Waals surface area contributed by atoms with E-state index in [1.807, 2.05) is 36.4 Å². The lowest BCUT2D eigenvalue weighted by atomic mass is 10.3. The summed E-state index contributed by atoms with van der Waals surface area (Å²) >= 11 is 1.25. The Kier molecular flexibility index (Phi) is 5.92. The molecule has 0 aliphatic rings. The van der Waals surface area contributed by atoms with E-state index in [0.717, 1.165) is 0 Å². The second-order valence-corrected chi connectivity index (χ2v) is 6.80. The quantitative estimate of drug-likeness (QED) is 0.625. The molecular weight excluding hydrogens is 366 g/mol. The number of methoxy groups -OCH3 is 2. The molecule has 140 valence electrons. The highest BCUT2D eigenvalue weighted by Crippen LogP contribution is 2.29. The van der Waals surface area contributed by atoms with Gasteiger partial charge in [0.25, 0.3) is 0 Å². The van der Waals surface area contributed by atoms with E-state index < -0.39 is 5.25 Å². The first-order valence-electron chi connectivity index (χ1n) is 8.16. The Morgan fingerprint density at radius 3 is 2.48 bits per heavy atom. The van der Waals surface area contributed by atoms with Crippen molar-refractivity contribution in [3.63, 3.8) is 0 Å². The molecule has 8 nitrogen and oxygen atoms in total. The molecule has 1 heterocycles. The number of carbonyl (C=O) groups is 1. The Bertz CT molecular complexity index is 931. The van der Waals surface area contributed by atoms with E-state index in [2.05, 4.69) is 20.8 Å². The van der Waals surface area contributed by atoms with Crippen LogP contribution in [0.15, 0.2) is 53.7 Å². The van der Waals surface area contributed by atoms with Gasteiger partial charge in [0.2, 0.25) is 11.1 Å². The Hall–Kier alpha value is -3.07. The number of carbonyl (C=O) groups excluding carboxylic acids is 1. The van der Waals surface area contributed by atoms with Gasteiger partial charge in [-0.15, -0.1) is 5.10 Å². The minimum atomic E-state index is -0.436. The molecule has 0 aliphatic heterocycles. The fourth-order valence-electron chi connectivity index (χ4n) is 2.40. The molecule has 0 aliphatic carbocycles. The number of hydrogen-bond acceptors (Lipinski definition) is 7. The van der Waals surface area contributed by atoms with E-state index in [4.69, 9.17) is 9.47 Å². The summed E-state index contributed by atoms with van der Waals surface area (Å²) in [5, 5.41) is 14.7. The molecule has 1 aromatic heterocycles. The Labute approximate surface area is 160 Å². The predicted molar refractivity (Wildman–Crippen MR) is 103 cm³/mol. The van der Waals surface area contributed by atoms with Crippen molar-refractivity contribution in [1.82, 2.24) is 20.2 Å². The number of anilines is 1. The zero-order valence-electron chi connectivity index (χ0n) is 15.1. The molecule has 0 radical (unpaired) electrons. The lowest BCUT2D eigenvalue weighted by Crippen LogP contribution is -2.23. The number of ether oxygens (including phenoxy) is 2. The topological polar surface area (TPSA) is 91.2 Å². The second-order valence-electron chi connectivity index (χ2n) is 5.49. The molecule has 0 spiro atoms. The smallest absolute Gasteiger partial charge is 0.237 e. The SMILES string of the molecule is COc1ccccc1NC(=O)[C@H](C)Sc1nnnn1-c1ccccc1OC. The molecular formula is C18H19N5O3S. The van der Waals surface area contributed by atoms with Gasteiger partial charge in [-0.25, -0.2) is 0 Å². The molecule has 2 aromatic carbocycles. The minimum absolute atomic E-state index is 0.181. The van der Waals surface area contributed by atoms with Gasteiger partial charge in [-0.05, 0) is 41.6 Å². The fraction of sp³-hybridized carbons (Fsp3) is 0.222. The van der Waals surface area contributed by atoms with Crippen LogP contribution in [0.1, 0.15) is 6.92 Å². The van der Waals surface area contributed by atoms with Crippen LogP contribution in [0.2, 0.25) is 0 Å². The van der Waals surface area contributed by atoms with Gasteiger partial charge < -0.3 is 14.8 Å². The first-order chi connectivity index (χ1) is 13.1. The average molecular weight is 385 g/mol. The number of benzene rings is 2. The molecule has 3 rings (SSSR count). The molecule has 0 fully saturated rings. The molecule has 0 saturated carbocycles. The maximum absolute atomic E-state index is 12.6. The summed E-state index contributed by atoms with van der Waals surface area (Å²) in [6.07, 6.45) is 0. The summed E-state index contributed by atoms with van der Waals surface area (Å²) in [6, 6.07) is 14.6. The normalized spacial score (nSPS) is 11.7. The molecule has 9 heteroatoms. The summed E-state index contributed by atoms with van der Waals surface area (Å²) in [4.78, 5) is 12.6. The van der Waals surface area contributed by atoms with Crippen molar-refractivity contribution in [3.05, 3.63) is 48.5 Å². The lowest BCUT2D eigenvalue weighted by Gasteiger charge is -2.14. The number of rotatable bonds is 7. The molecule has 0 bridgehead atoms. The Morgan fingerprint density at radius 1 is 1.07 bits per heavy atom. The maximum atomic E-state index is 12.6. The van der Waals surface area contributed by atoms with Crippen molar-refractivity contribution in [2.24, 2.45) is 0 Å². The summed E-state index contributed by atoms with van der Waals surface area (Å²) in [7, 11) is 3.14. The third-order valence-electron chi connectivity index (χ3n) is 3.77. The summed E-state index contributed by atoms with van der Waals surface area (Å²) in [5.74, 6) is 1.05. The number of tetrazole rings is 1. The van der Waals surface area contributed by atoms with Crippen LogP contribution in [-0.4, -0.2) is 45.6 Å². The van der Waals surface area contributed by atoms with Crippen molar-refractivity contribution in [2.75, 3.05) is 19.5 Å². The van der Waals surface area contributed by atoms with Gasteiger partial charge in [-0.1, -0.05) is 36.0 Å². The monoisotopic (exact) mass is 385 g/mol. The highest BCUT2D eigenvalue weighted by atomic mass is 32.2. The van der Waals surface area contributed by atoms with Crippen LogP contribution >= 0.6 is 11.8 Å². The van der Waals surface area contributed by atoms with Gasteiger partial charge in [0, 0.05) is 0 Å². The number of nitrogens with zero attached hydrogens (tertiary/aromatic N) is 4. The number of nitrogens with one attached hydrogen (secondary N) is 1. The van der Waals surface area contributed by atoms with Crippen LogP contribution < -0.4 is 14.8 Å². The zero-order chi connectivity index (χ0) is 19.2. The molecule has 1 atom stereocenters. The highest BCUT2D eigenvalue weighted by molar-refractivity contribution is 8.00. The first-order valence-corrected chi connectivity index (χ1v) is 9.04. The molecule has 1 amide bonds. The number of aromatic nitrogens is 4. The molecule has 27 heavy (non-hydrogen) atoms. The molecule has 0 saturated heterocycles. The number of thioether (sulfide) groups is 1. The van der Waals surface area contributed by atoms with Gasteiger partial charge in [0.15, 0.2) is 0 Å². The van der Waals surface area contributed by atoms with Gasteiger partial charge in [0.05, 0.1) is 25.2 Å². The van der Waals surface area contributed by atoms with Gasteiger partial charge in [-0.3, -0.25) is 4.79 Å². The number of para-hydroxylation sites is 4. The zero-order valence-corrected chi connectivity index (χ0v) is 15.9. The van der Waals surface area contributed by atoms with Crippen LogP contribution in [0.3, 0.4) is 0 Å². The van der Waals surface area contributed by atoms with Crippen LogP contribution in [0.25, 0.3) is 5.69 Å². The van der Waals surface area contributed by atoms with Crippen molar-refractivity contribution in [3.8, 4) is 17.2 Å². The van der Waals surface area contributed by atoms with E-state index >= 15 is 0 Å². The Balaban J connectivity index is 1.76. The molecule has 3 aromatic rings. The third-order valence-corrected chi connectivity index (χ3v) is 4.80. The van der Waals surface area contributed by atoms with Crippen molar-refractivity contribution < 1.29 is 14.3 Å². The first kappa shape index (κ1) is 18.7. The lowest BCUT2D eigenvalue weighted by molar-refractivity contribution is -0.115. The number of hydrogen-bond donors (Lipinski definition) is 1. The molecule has 0 unspecified atom stereocenters. The van der Waals surface area contributed by atoms with Crippen molar-refractivity contribution in [1.29, 1.82) is 0 Å². The van der Waals surface area contributed by atoms with Gasteiger partial charge in [0.1, 0.15) is 17.2 Å². The molecule has 1 N–H and O–H groups in total. The van der Waals surface area contributed by atoms with Gasteiger partial charge >= 0.3 is 0 Å². The summed E-state index contributed by atoms with van der Waals surface area (Å²) < 4.78 is 12.2. The second kappa shape index (κ2) is 8.54. The minimum Gasteiger partial charge on any atom is -0.495 e. The fourth-order valence-corrected chi connectivity index (χ4v) is 3.20. The largest absolute Gasteiger partial charge is 0.495 e.